The van der Waals surface area contributed by atoms with E-state index < -0.39 is 18.1 Å². The third-order valence-electron chi connectivity index (χ3n) is 11.9. The first kappa shape index (κ1) is 36.1. The summed E-state index contributed by atoms with van der Waals surface area (Å²) in [5.41, 5.74) is 0. The fourth-order valence-electron chi connectivity index (χ4n) is 9.29. The minimum Gasteiger partial charge on any atom is -0.375 e. The predicted molar refractivity (Wildman–Crippen MR) is 183 cm³/mol. The standard InChI is InChI=1S/C38H64N4O5/c1-25(2)39-37(45)33-23-27-13-9-17-30(21-27)47-31-18-10-14-28(22-31)24-34(41-35(43)29-15-7-4-8-16-29)38(46)40-32(36(44)42-33)20-19-26-11-5-3-6-12-26/h25-34H,3-24H2,1-2H3,(H,39,45)(H,40,46)(H,41,43)(H,42,44)/t27?,28?,30?,31?,32-,33-,34-/m0/s1. The topological polar surface area (TPSA) is 126 Å². The van der Waals surface area contributed by atoms with Crippen LogP contribution >= 0.6 is 0 Å². The highest BCUT2D eigenvalue weighted by Gasteiger charge is 2.37. The molecule has 0 aromatic heterocycles. The Hall–Kier alpha value is -2.16. The lowest BCUT2D eigenvalue weighted by atomic mass is 9.80. The first-order valence-corrected chi connectivity index (χ1v) is 19.6. The van der Waals surface area contributed by atoms with Crippen LogP contribution in [0.25, 0.3) is 0 Å². The van der Waals surface area contributed by atoms with Crippen molar-refractivity contribution in [1.82, 2.24) is 21.3 Å². The van der Waals surface area contributed by atoms with Gasteiger partial charge in [0.2, 0.25) is 23.6 Å². The van der Waals surface area contributed by atoms with E-state index in [1.54, 1.807) is 0 Å². The van der Waals surface area contributed by atoms with Crippen molar-refractivity contribution in [2.24, 2.45) is 23.7 Å². The van der Waals surface area contributed by atoms with Crippen LogP contribution in [0, 0.1) is 23.7 Å². The van der Waals surface area contributed by atoms with Crippen molar-refractivity contribution >= 4 is 23.6 Å². The molecule has 1 saturated heterocycles. The smallest absolute Gasteiger partial charge is 0.243 e. The van der Waals surface area contributed by atoms with Crippen molar-refractivity contribution in [3.8, 4) is 0 Å². The lowest BCUT2D eigenvalue weighted by Gasteiger charge is -2.38. The second kappa shape index (κ2) is 18.0. The van der Waals surface area contributed by atoms with Crippen LogP contribution in [0.15, 0.2) is 0 Å². The van der Waals surface area contributed by atoms with Crippen LogP contribution in [-0.2, 0) is 23.9 Å². The fraction of sp³-hybridized carbons (Fsp3) is 0.895. The van der Waals surface area contributed by atoms with Gasteiger partial charge in [-0.15, -0.1) is 0 Å². The number of nitrogens with one attached hydrogen (secondary N) is 4. The molecule has 4 saturated carbocycles. The normalized spacial score (nSPS) is 33.8. The van der Waals surface area contributed by atoms with Gasteiger partial charge < -0.3 is 26.0 Å². The van der Waals surface area contributed by atoms with Gasteiger partial charge in [-0.05, 0) is 95.8 Å². The van der Waals surface area contributed by atoms with Crippen molar-refractivity contribution in [3.05, 3.63) is 0 Å². The Bertz CT molecular complexity index is 1040. The van der Waals surface area contributed by atoms with E-state index in [0.29, 0.717) is 31.1 Å². The van der Waals surface area contributed by atoms with Gasteiger partial charge in [-0.25, -0.2) is 0 Å². The van der Waals surface area contributed by atoms with Crippen LogP contribution in [0.1, 0.15) is 155 Å². The summed E-state index contributed by atoms with van der Waals surface area (Å²) in [7, 11) is 0. The number of carbonyl (C=O) groups excluding carboxylic acids is 4. The summed E-state index contributed by atoms with van der Waals surface area (Å²) in [5.74, 6) is 0.323. The largest absolute Gasteiger partial charge is 0.375 e. The first-order chi connectivity index (χ1) is 22.7. The molecule has 9 heteroatoms. The van der Waals surface area contributed by atoms with Crippen LogP contribution in [0.2, 0.25) is 0 Å². The summed E-state index contributed by atoms with van der Waals surface area (Å²) in [5, 5.41) is 12.5. The van der Waals surface area contributed by atoms with Gasteiger partial charge in [0, 0.05) is 12.0 Å². The third kappa shape index (κ3) is 11.2. The zero-order chi connectivity index (χ0) is 33.2. The highest BCUT2D eigenvalue weighted by molar-refractivity contribution is 5.94. The van der Waals surface area contributed by atoms with E-state index in [1.165, 1.54) is 19.3 Å². The zero-order valence-corrected chi connectivity index (χ0v) is 29.4. The molecular formula is C38H64N4O5. The Labute approximate surface area is 283 Å². The lowest BCUT2D eigenvalue weighted by molar-refractivity contribution is -0.135. The maximum absolute atomic E-state index is 14.2. The van der Waals surface area contributed by atoms with E-state index in [2.05, 4.69) is 21.3 Å². The van der Waals surface area contributed by atoms with E-state index in [1.807, 2.05) is 13.8 Å². The molecule has 47 heavy (non-hydrogen) atoms. The van der Waals surface area contributed by atoms with E-state index in [4.69, 9.17) is 4.74 Å². The van der Waals surface area contributed by atoms with Gasteiger partial charge in [0.25, 0.3) is 0 Å². The van der Waals surface area contributed by atoms with Gasteiger partial charge in [0.1, 0.15) is 18.1 Å². The van der Waals surface area contributed by atoms with Gasteiger partial charge in [-0.3, -0.25) is 19.2 Å². The number of ether oxygens (including phenoxy) is 1. The maximum atomic E-state index is 14.2. The number of amides is 4. The average Bonchev–Trinajstić information content (AvgIpc) is 3.06. The molecular weight excluding hydrogens is 592 g/mol. The van der Waals surface area contributed by atoms with Gasteiger partial charge in [-0.2, -0.15) is 0 Å². The van der Waals surface area contributed by atoms with Gasteiger partial charge in [-0.1, -0.05) is 77.0 Å². The van der Waals surface area contributed by atoms with Crippen LogP contribution in [0.4, 0.5) is 0 Å². The first-order valence-electron chi connectivity index (χ1n) is 19.6. The molecule has 0 aromatic carbocycles. The summed E-state index contributed by atoms with van der Waals surface area (Å²) in [6, 6.07) is -2.15. The summed E-state index contributed by atoms with van der Waals surface area (Å²) in [4.78, 5) is 55.3. The summed E-state index contributed by atoms with van der Waals surface area (Å²) in [6.45, 7) is 3.87. The molecule has 4 unspecified atom stereocenters. The van der Waals surface area contributed by atoms with Crippen LogP contribution < -0.4 is 21.3 Å². The Balaban J connectivity index is 1.39. The molecule has 7 atom stereocenters. The highest BCUT2D eigenvalue weighted by Crippen LogP contribution is 2.36. The van der Waals surface area contributed by atoms with Gasteiger partial charge in [0.15, 0.2) is 0 Å². The molecule has 4 amide bonds. The molecule has 0 aromatic rings. The van der Waals surface area contributed by atoms with Crippen molar-refractivity contribution in [1.29, 1.82) is 0 Å². The number of hydrogen-bond acceptors (Lipinski definition) is 5. The van der Waals surface area contributed by atoms with E-state index >= 15 is 0 Å². The second-order valence-corrected chi connectivity index (χ2v) is 16.2. The van der Waals surface area contributed by atoms with Crippen LogP contribution in [-0.4, -0.2) is 60.0 Å². The van der Waals surface area contributed by atoms with Crippen molar-refractivity contribution < 1.29 is 23.9 Å². The molecule has 1 heterocycles. The number of rotatable bonds is 7. The monoisotopic (exact) mass is 656 g/mol. The number of carbonyl (C=O) groups is 4. The van der Waals surface area contributed by atoms with E-state index in [0.717, 1.165) is 103 Å². The molecule has 4 aliphatic carbocycles. The summed E-state index contributed by atoms with van der Waals surface area (Å²) < 4.78 is 6.74. The lowest BCUT2D eigenvalue weighted by Crippen LogP contribution is -2.58. The molecule has 5 fully saturated rings. The molecule has 0 radical (unpaired) electrons. The number of hydrogen-bond donors (Lipinski definition) is 4. The second-order valence-electron chi connectivity index (χ2n) is 16.2. The van der Waals surface area contributed by atoms with E-state index in [-0.39, 0.29) is 53.7 Å². The Kier molecular flexibility index (Phi) is 13.8. The fourth-order valence-corrected chi connectivity index (χ4v) is 9.29. The zero-order valence-electron chi connectivity index (χ0n) is 29.4. The van der Waals surface area contributed by atoms with Gasteiger partial charge in [0.05, 0.1) is 12.2 Å². The molecule has 5 aliphatic rings. The molecule has 4 bridgehead atoms. The minimum atomic E-state index is -0.748. The Morgan fingerprint density at radius 3 is 1.94 bits per heavy atom. The van der Waals surface area contributed by atoms with Crippen molar-refractivity contribution in [2.45, 2.75) is 191 Å². The Morgan fingerprint density at radius 1 is 0.681 bits per heavy atom. The molecule has 266 valence electrons. The molecule has 9 nitrogen and oxygen atoms in total. The minimum absolute atomic E-state index is 0.0234. The summed E-state index contributed by atoms with van der Waals surface area (Å²) in [6.07, 6.45) is 21.9. The van der Waals surface area contributed by atoms with Crippen molar-refractivity contribution in [2.75, 3.05) is 0 Å². The highest BCUT2D eigenvalue weighted by atomic mass is 16.5. The molecule has 0 spiro atoms. The van der Waals surface area contributed by atoms with E-state index in [9.17, 15) is 19.2 Å². The quantitative estimate of drug-likeness (QED) is 0.274. The van der Waals surface area contributed by atoms with Crippen LogP contribution in [0.3, 0.4) is 0 Å². The Morgan fingerprint density at radius 2 is 1.30 bits per heavy atom. The molecule has 1 aliphatic heterocycles. The third-order valence-corrected chi connectivity index (χ3v) is 11.9. The molecule has 4 N–H and O–H groups in total. The maximum Gasteiger partial charge on any atom is 0.243 e. The average molecular weight is 657 g/mol. The van der Waals surface area contributed by atoms with Crippen molar-refractivity contribution in [3.63, 3.8) is 0 Å². The molecule has 5 rings (SSSR count). The van der Waals surface area contributed by atoms with Gasteiger partial charge >= 0.3 is 0 Å². The predicted octanol–water partition coefficient (Wildman–Crippen LogP) is 5.83. The summed E-state index contributed by atoms with van der Waals surface area (Å²) >= 11 is 0. The number of fused-ring (bicyclic) bond motifs is 4. The SMILES string of the molecule is CC(C)NC(=O)[C@@H]1CC2CCCC(C2)OC2CCCC(C2)C[C@H](NC(=O)C2CCCCC2)C(=O)N[C@@H](CCC2CCCCC2)C(=O)N1. The van der Waals surface area contributed by atoms with Crippen LogP contribution in [0.5, 0.6) is 0 Å².